The Morgan fingerprint density at radius 3 is 2.35 bits per heavy atom. The van der Waals surface area contributed by atoms with E-state index in [0.29, 0.717) is 10.6 Å². The monoisotopic (exact) mass is 458 g/mol. The summed E-state index contributed by atoms with van der Waals surface area (Å²) in [5.41, 5.74) is 3.17. The molecule has 0 aliphatic rings. The number of anilines is 1. The van der Waals surface area contributed by atoms with E-state index in [4.69, 9.17) is 11.6 Å². The second-order valence-electron chi connectivity index (χ2n) is 6.19. The summed E-state index contributed by atoms with van der Waals surface area (Å²) >= 11 is 5.77. The molecule has 3 aromatic rings. The number of non-ortho nitro benzene ring substituents is 1. The number of nitrogens with zero attached hydrogens (tertiary/aromatic N) is 2. The standard InChI is InChI=1S/C20H15ClN4O5S/c21-16-6-10-19(11-7-16)31(29,30)24-17-8-4-15(5-9-17)20(26)23-22-13-14-2-1-3-18(12-14)25(27)28/h1-13,24H,(H,23,26)/b22-13-. The number of hydrogen-bond acceptors (Lipinski definition) is 6. The lowest BCUT2D eigenvalue weighted by molar-refractivity contribution is -0.384. The zero-order valence-corrected chi connectivity index (χ0v) is 17.3. The molecular weight excluding hydrogens is 444 g/mol. The zero-order chi connectivity index (χ0) is 22.4. The van der Waals surface area contributed by atoms with Crippen LogP contribution in [0.4, 0.5) is 11.4 Å². The summed E-state index contributed by atoms with van der Waals surface area (Å²) in [6, 6.07) is 17.2. The Morgan fingerprint density at radius 1 is 1.03 bits per heavy atom. The highest BCUT2D eigenvalue weighted by Gasteiger charge is 2.14. The summed E-state index contributed by atoms with van der Waals surface area (Å²) < 4.78 is 27.2. The van der Waals surface area contributed by atoms with E-state index in [0.717, 1.165) is 0 Å². The molecule has 0 bridgehead atoms. The van der Waals surface area contributed by atoms with Crippen molar-refractivity contribution in [2.45, 2.75) is 4.90 Å². The molecule has 9 nitrogen and oxygen atoms in total. The van der Waals surface area contributed by atoms with Crippen molar-refractivity contribution < 1.29 is 18.1 Å². The van der Waals surface area contributed by atoms with E-state index in [1.807, 2.05) is 0 Å². The smallest absolute Gasteiger partial charge is 0.271 e. The Balaban J connectivity index is 1.63. The van der Waals surface area contributed by atoms with Gasteiger partial charge in [0.25, 0.3) is 21.6 Å². The lowest BCUT2D eigenvalue weighted by Crippen LogP contribution is -2.18. The number of hydrogen-bond donors (Lipinski definition) is 2. The maximum Gasteiger partial charge on any atom is 0.271 e. The van der Waals surface area contributed by atoms with Gasteiger partial charge in [-0.15, -0.1) is 0 Å². The first-order valence-electron chi connectivity index (χ1n) is 8.71. The molecular formula is C20H15ClN4O5S. The normalized spacial score (nSPS) is 11.3. The maximum atomic E-state index is 12.4. The number of amides is 1. The van der Waals surface area contributed by atoms with E-state index in [9.17, 15) is 23.3 Å². The van der Waals surface area contributed by atoms with Gasteiger partial charge in [0.1, 0.15) is 0 Å². The molecule has 0 saturated carbocycles. The molecule has 0 saturated heterocycles. The van der Waals surface area contributed by atoms with Crippen molar-refractivity contribution in [3.05, 3.63) is 99.1 Å². The van der Waals surface area contributed by atoms with Crippen LogP contribution in [0.15, 0.2) is 82.8 Å². The number of nitrogens with one attached hydrogen (secondary N) is 2. The molecule has 0 aliphatic carbocycles. The summed E-state index contributed by atoms with van der Waals surface area (Å²) in [6.45, 7) is 0. The first-order valence-corrected chi connectivity index (χ1v) is 10.6. The minimum absolute atomic E-state index is 0.0502. The minimum atomic E-state index is -3.80. The van der Waals surface area contributed by atoms with Gasteiger partial charge in [-0.3, -0.25) is 19.6 Å². The van der Waals surface area contributed by atoms with E-state index >= 15 is 0 Å². The van der Waals surface area contributed by atoms with Crippen molar-refractivity contribution in [1.29, 1.82) is 0 Å². The van der Waals surface area contributed by atoms with Crippen LogP contribution in [0.1, 0.15) is 15.9 Å². The number of benzene rings is 3. The number of carbonyl (C=O) groups is 1. The van der Waals surface area contributed by atoms with E-state index in [1.165, 1.54) is 72.9 Å². The first-order chi connectivity index (χ1) is 14.7. The summed E-state index contributed by atoms with van der Waals surface area (Å²) in [4.78, 5) is 22.5. The molecule has 3 rings (SSSR count). The third-order valence-corrected chi connectivity index (χ3v) is 5.63. The fourth-order valence-electron chi connectivity index (χ4n) is 2.47. The van der Waals surface area contributed by atoms with Gasteiger partial charge in [0.2, 0.25) is 0 Å². The Hall–Kier alpha value is -3.76. The van der Waals surface area contributed by atoms with Crippen molar-refractivity contribution in [3.63, 3.8) is 0 Å². The molecule has 0 aromatic heterocycles. The van der Waals surface area contributed by atoms with Crippen LogP contribution in [0.5, 0.6) is 0 Å². The quantitative estimate of drug-likeness (QED) is 0.315. The Labute approximate surface area is 182 Å². The molecule has 3 aromatic carbocycles. The van der Waals surface area contributed by atoms with Crippen molar-refractivity contribution in [2.24, 2.45) is 5.10 Å². The maximum absolute atomic E-state index is 12.4. The lowest BCUT2D eigenvalue weighted by atomic mass is 10.2. The van der Waals surface area contributed by atoms with E-state index < -0.39 is 20.9 Å². The van der Waals surface area contributed by atoms with Crippen molar-refractivity contribution in [3.8, 4) is 0 Å². The third kappa shape index (κ3) is 5.87. The number of nitro groups is 1. The van der Waals surface area contributed by atoms with Gasteiger partial charge in [-0.1, -0.05) is 23.7 Å². The van der Waals surface area contributed by atoms with Crippen molar-refractivity contribution >= 4 is 45.1 Å². The molecule has 2 N–H and O–H groups in total. The zero-order valence-electron chi connectivity index (χ0n) is 15.7. The Kier molecular flexibility index (Phi) is 6.63. The van der Waals surface area contributed by atoms with Crippen LogP contribution in [-0.2, 0) is 10.0 Å². The van der Waals surface area contributed by atoms with Gasteiger partial charge < -0.3 is 0 Å². The molecule has 0 unspecified atom stereocenters. The number of carbonyl (C=O) groups excluding carboxylic acids is 1. The van der Waals surface area contributed by atoms with E-state index in [1.54, 1.807) is 6.07 Å². The van der Waals surface area contributed by atoms with Crippen molar-refractivity contribution in [1.82, 2.24) is 5.43 Å². The lowest BCUT2D eigenvalue weighted by Gasteiger charge is -2.08. The Morgan fingerprint density at radius 2 is 1.71 bits per heavy atom. The van der Waals surface area contributed by atoms with Gasteiger partial charge >= 0.3 is 0 Å². The molecule has 158 valence electrons. The van der Waals surface area contributed by atoms with Gasteiger partial charge in [-0.05, 0) is 48.5 Å². The first kappa shape index (κ1) is 21.9. The van der Waals surface area contributed by atoms with Gasteiger partial charge in [0, 0.05) is 34.0 Å². The van der Waals surface area contributed by atoms with Crippen LogP contribution in [-0.4, -0.2) is 25.5 Å². The highest BCUT2D eigenvalue weighted by molar-refractivity contribution is 7.92. The van der Waals surface area contributed by atoms with Crippen LogP contribution < -0.4 is 10.1 Å². The molecule has 1 amide bonds. The second kappa shape index (κ2) is 9.37. The molecule has 0 aliphatic heterocycles. The molecule has 0 fully saturated rings. The third-order valence-electron chi connectivity index (χ3n) is 3.98. The summed E-state index contributed by atoms with van der Waals surface area (Å²) in [5.74, 6) is -0.534. The molecule has 31 heavy (non-hydrogen) atoms. The van der Waals surface area contributed by atoms with Crippen LogP contribution in [0.2, 0.25) is 5.02 Å². The predicted molar refractivity (Wildman–Crippen MR) is 117 cm³/mol. The molecule has 11 heteroatoms. The molecule has 0 spiro atoms. The fraction of sp³-hybridized carbons (Fsp3) is 0. The predicted octanol–water partition coefficient (Wildman–Crippen LogP) is 3.81. The van der Waals surface area contributed by atoms with Crippen molar-refractivity contribution in [2.75, 3.05) is 4.72 Å². The number of hydrazone groups is 1. The minimum Gasteiger partial charge on any atom is -0.280 e. The highest BCUT2D eigenvalue weighted by Crippen LogP contribution is 2.19. The SMILES string of the molecule is O=C(N/N=C\c1cccc([N+](=O)[O-])c1)c1ccc(NS(=O)(=O)c2ccc(Cl)cc2)cc1. The number of sulfonamides is 1. The highest BCUT2D eigenvalue weighted by atomic mass is 35.5. The van der Waals surface area contributed by atoms with Gasteiger partial charge in [-0.2, -0.15) is 5.10 Å². The second-order valence-corrected chi connectivity index (χ2v) is 8.31. The Bertz CT molecular complexity index is 1240. The largest absolute Gasteiger partial charge is 0.280 e. The molecule has 0 heterocycles. The average molecular weight is 459 g/mol. The van der Waals surface area contributed by atoms with E-state index in [-0.39, 0.29) is 21.8 Å². The summed E-state index contributed by atoms with van der Waals surface area (Å²) in [7, 11) is -3.80. The van der Waals surface area contributed by atoms with Gasteiger partial charge in [-0.25, -0.2) is 13.8 Å². The van der Waals surface area contributed by atoms with Gasteiger partial charge in [0.15, 0.2) is 0 Å². The van der Waals surface area contributed by atoms with Crippen LogP contribution in [0.25, 0.3) is 0 Å². The van der Waals surface area contributed by atoms with Gasteiger partial charge in [0.05, 0.1) is 16.0 Å². The molecule has 0 atom stereocenters. The number of halogens is 1. The summed E-state index contributed by atoms with van der Waals surface area (Å²) in [5, 5.41) is 15.0. The summed E-state index contributed by atoms with van der Waals surface area (Å²) in [6.07, 6.45) is 1.28. The topological polar surface area (TPSA) is 131 Å². The van der Waals surface area contributed by atoms with Crippen LogP contribution >= 0.6 is 11.6 Å². The average Bonchev–Trinajstić information content (AvgIpc) is 2.74. The number of nitro benzene ring substituents is 1. The molecule has 0 radical (unpaired) electrons. The number of rotatable bonds is 7. The van der Waals surface area contributed by atoms with Crippen LogP contribution in [0.3, 0.4) is 0 Å². The van der Waals surface area contributed by atoms with Crippen LogP contribution in [0, 0.1) is 10.1 Å². The fourth-order valence-corrected chi connectivity index (χ4v) is 3.65. The van der Waals surface area contributed by atoms with E-state index in [2.05, 4.69) is 15.2 Å².